The van der Waals surface area contributed by atoms with Gasteiger partial charge in [-0.2, -0.15) is 15.1 Å². The molecule has 2 aromatic heterocycles. The summed E-state index contributed by atoms with van der Waals surface area (Å²) in [4.78, 5) is 13.4. The normalized spacial score (nSPS) is 19.9. The molecule has 0 saturated carbocycles. The first-order valence-electron chi connectivity index (χ1n) is 10.2. The molecule has 2 aliphatic rings. The topological polar surface area (TPSA) is 85.3 Å². The van der Waals surface area contributed by atoms with Crippen molar-refractivity contribution in [3.8, 4) is 5.88 Å². The van der Waals surface area contributed by atoms with Gasteiger partial charge in [0.1, 0.15) is 5.82 Å². The highest BCUT2D eigenvalue weighted by atomic mass is 16.5. The number of aryl methyl sites for hydroxylation is 1. The van der Waals surface area contributed by atoms with Gasteiger partial charge in [-0.15, -0.1) is 0 Å². The molecule has 8 heteroatoms. The van der Waals surface area contributed by atoms with Crippen LogP contribution in [0.1, 0.15) is 31.2 Å². The highest BCUT2D eigenvalue weighted by Crippen LogP contribution is 2.34. The lowest BCUT2D eigenvalue weighted by atomic mass is 9.79. The SMILES string of the molecule is COc1cc(N2CCC(C3CCN(Cc4cnn(C)c4)CC3)CC2)nc(N)n1. The minimum Gasteiger partial charge on any atom is -0.481 e. The van der Waals surface area contributed by atoms with Gasteiger partial charge in [0.15, 0.2) is 0 Å². The summed E-state index contributed by atoms with van der Waals surface area (Å²) in [7, 11) is 3.59. The molecule has 0 atom stereocenters. The van der Waals surface area contributed by atoms with Crippen molar-refractivity contribution in [3.63, 3.8) is 0 Å². The van der Waals surface area contributed by atoms with Crippen LogP contribution in [0.15, 0.2) is 18.5 Å². The Balaban J connectivity index is 1.26. The van der Waals surface area contributed by atoms with Crippen LogP contribution >= 0.6 is 0 Å². The number of methoxy groups -OCH3 is 1. The van der Waals surface area contributed by atoms with E-state index in [1.54, 1.807) is 7.11 Å². The van der Waals surface area contributed by atoms with E-state index in [0.717, 1.165) is 37.3 Å². The van der Waals surface area contributed by atoms with Crippen molar-refractivity contribution in [2.24, 2.45) is 18.9 Å². The second-order valence-electron chi connectivity index (χ2n) is 8.09. The molecule has 0 radical (unpaired) electrons. The molecule has 2 aliphatic heterocycles. The van der Waals surface area contributed by atoms with E-state index in [-0.39, 0.29) is 5.95 Å². The summed E-state index contributed by atoms with van der Waals surface area (Å²) in [6.45, 7) is 5.47. The third kappa shape index (κ3) is 4.38. The van der Waals surface area contributed by atoms with Crippen molar-refractivity contribution in [2.75, 3.05) is 43.9 Å². The van der Waals surface area contributed by atoms with Gasteiger partial charge in [0.05, 0.1) is 13.3 Å². The average Bonchev–Trinajstić information content (AvgIpc) is 3.13. The number of piperidine rings is 2. The molecule has 2 saturated heterocycles. The fraction of sp³-hybridized carbons (Fsp3) is 0.650. The number of hydrogen-bond donors (Lipinski definition) is 1. The fourth-order valence-electron chi connectivity index (χ4n) is 4.69. The lowest BCUT2D eigenvalue weighted by Crippen LogP contribution is -2.40. The second kappa shape index (κ2) is 8.34. The first-order chi connectivity index (χ1) is 13.6. The van der Waals surface area contributed by atoms with Gasteiger partial charge in [-0.25, -0.2) is 0 Å². The summed E-state index contributed by atoms with van der Waals surface area (Å²) < 4.78 is 7.11. The summed E-state index contributed by atoms with van der Waals surface area (Å²) in [5, 5.41) is 4.28. The number of aromatic nitrogens is 4. The molecule has 0 aliphatic carbocycles. The highest BCUT2D eigenvalue weighted by molar-refractivity contribution is 5.45. The number of nitrogens with two attached hydrogens (primary N) is 1. The summed E-state index contributed by atoms with van der Waals surface area (Å²) in [5.74, 6) is 3.35. The molecule has 28 heavy (non-hydrogen) atoms. The zero-order valence-electron chi connectivity index (χ0n) is 16.9. The van der Waals surface area contributed by atoms with Crippen LogP contribution in [-0.2, 0) is 13.6 Å². The largest absolute Gasteiger partial charge is 0.481 e. The van der Waals surface area contributed by atoms with Crippen molar-refractivity contribution >= 4 is 11.8 Å². The van der Waals surface area contributed by atoms with Crippen LogP contribution in [0.4, 0.5) is 11.8 Å². The number of rotatable bonds is 5. The third-order valence-electron chi connectivity index (χ3n) is 6.24. The maximum atomic E-state index is 5.82. The minimum atomic E-state index is 0.275. The maximum absolute atomic E-state index is 5.82. The van der Waals surface area contributed by atoms with Gasteiger partial charge in [0, 0.05) is 44.5 Å². The van der Waals surface area contributed by atoms with Crippen LogP contribution < -0.4 is 15.4 Å². The Kier molecular flexibility index (Phi) is 5.66. The van der Waals surface area contributed by atoms with Crippen molar-refractivity contribution in [3.05, 3.63) is 24.0 Å². The smallest absolute Gasteiger partial charge is 0.225 e. The predicted molar refractivity (Wildman–Crippen MR) is 109 cm³/mol. The van der Waals surface area contributed by atoms with Crippen LogP contribution in [0.2, 0.25) is 0 Å². The van der Waals surface area contributed by atoms with E-state index < -0.39 is 0 Å². The Labute approximate surface area is 166 Å². The first kappa shape index (κ1) is 19.0. The van der Waals surface area contributed by atoms with Gasteiger partial charge >= 0.3 is 0 Å². The molecular formula is C20H31N7O. The van der Waals surface area contributed by atoms with Gasteiger partial charge in [-0.05, 0) is 50.6 Å². The van der Waals surface area contributed by atoms with Crippen LogP contribution in [0, 0.1) is 11.8 Å². The molecule has 2 aromatic rings. The molecule has 0 amide bonds. The number of nitrogen functional groups attached to an aromatic ring is 1. The Morgan fingerprint density at radius 1 is 1.07 bits per heavy atom. The zero-order valence-corrected chi connectivity index (χ0v) is 16.9. The van der Waals surface area contributed by atoms with Gasteiger partial charge in [0.25, 0.3) is 0 Å². The average molecular weight is 386 g/mol. The quantitative estimate of drug-likeness (QED) is 0.842. The highest BCUT2D eigenvalue weighted by Gasteiger charge is 2.30. The molecule has 8 nitrogen and oxygen atoms in total. The fourth-order valence-corrected chi connectivity index (χ4v) is 4.69. The lowest BCUT2D eigenvalue weighted by Gasteiger charge is -2.40. The molecule has 0 unspecified atom stereocenters. The van der Waals surface area contributed by atoms with Crippen LogP contribution in [0.5, 0.6) is 5.88 Å². The van der Waals surface area contributed by atoms with E-state index >= 15 is 0 Å². The van der Waals surface area contributed by atoms with Crippen molar-refractivity contribution in [1.29, 1.82) is 0 Å². The van der Waals surface area contributed by atoms with E-state index in [1.807, 2.05) is 24.0 Å². The number of ether oxygens (including phenoxy) is 1. The summed E-state index contributed by atoms with van der Waals surface area (Å²) in [6, 6.07) is 1.88. The number of nitrogens with zero attached hydrogens (tertiary/aromatic N) is 6. The molecule has 152 valence electrons. The molecule has 2 fully saturated rings. The summed E-state index contributed by atoms with van der Waals surface area (Å²) in [5.41, 5.74) is 7.13. The van der Waals surface area contributed by atoms with Gasteiger partial charge in [-0.1, -0.05) is 0 Å². The van der Waals surface area contributed by atoms with Gasteiger partial charge in [-0.3, -0.25) is 9.58 Å². The maximum Gasteiger partial charge on any atom is 0.225 e. The Morgan fingerprint density at radius 2 is 1.75 bits per heavy atom. The third-order valence-corrected chi connectivity index (χ3v) is 6.24. The zero-order chi connectivity index (χ0) is 19.5. The van der Waals surface area contributed by atoms with Gasteiger partial charge in [0.2, 0.25) is 11.8 Å². The van der Waals surface area contributed by atoms with E-state index in [2.05, 4.69) is 31.1 Å². The lowest BCUT2D eigenvalue weighted by molar-refractivity contribution is 0.129. The molecule has 2 N–H and O–H groups in total. The van der Waals surface area contributed by atoms with Crippen LogP contribution in [0.25, 0.3) is 0 Å². The molecule has 4 heterocycles. The van der Waals surface area contributed by atoms with Crippen LogP contribution in [-0.4, -0.2) is 57.9 Å². The first-order valence-corrected chi connectivity index (χ1v) is 10.2. The monoisotopic (exact) mass is 385 g/mol. The number of anilines is 2. The second-order valence-corrected chi connectivity index (χ2v) is 8.09. The van der Waals surface area contributed by atoms with Gasteiger partial charge < -0.3 is 15.4 Å². The van der Waals surface area contributed by atoms with Crippen molar-refractivity contribution in [2.45, 2.75) is 32.2 Å². The van der Waals surface area contributed by atoms with Crippen molar-refractivity contribution < 1.29 is 4.74 Å². The van der Waals surface area contributed by atoms with E-state index in [1.165, 1.54) is 44.3 Å². The summed E-state index contributed by atoms with van der Waals surface area (Å²) >= 11 is 0. The standard InChI is InChI=1S/C20H31N7O/c1-25-13-15(12-22-25)14-26-7-3-16(4-8-26)17-5-9-27(10-6-17)18-11-19(28-2)24-20(21)23-18/h11-13,16-17H,3-10,14H2,1-2H3,(H2,21,23,24). The molecule has 0 aromatic carbocycles. The Morgan fingerprint density at radius 3 is 2.36 bits per heavy atom. The van der Waals surface area contributed by atoms with Crippen molar-refractivity contribution in [1.82, 2.24) is 24.6 Å². The molecule has 0 spiro atoms. The number of likely N-dealkylation sites (tertiary alicyclic amines) is 1. The molecular weight excluding hydrogens is 354 g/mol. The molecule has 0 bridgehead atoms. The Hall–Kier alpha value is -2.35. The molecule has 4 rings (SSSR count). The van der Waals surface area contributed by atoms with Crippen LogP contribution in [0.3, 0.4) is 0 Å². The van der Waals surface area contributed by atoms with E-state index in [0.29, 0.717) is 5.88 Å². The number of hydrogen-bond acceptors (Lipinski definition) is 7. The Bertz CT molecular complexity index is 777. The van der Waals surface area contributed by atoms with E-state index in [4.69, 9.17) is 10.5 Å². The van der Waals surface area contributed by atoms with E-state index in [9.17, 15) is 0 Å². The summed E-state index contributed by atoms with van der Waals surface area (Å²) in [6.07, 6.45) is 9.16. The minimum absolute atomic E-state index is 0.275. The predicted octanol–water partition coefficient (Wildman–Crippen LogP) is 1.93.